The van der Waals surface area contributed by atoms with Gasteiger partial charge < -0.3 is 0 Å². The van der Waals surface area contributed by atoms with Crippen LogP contribution < -0.4 is 0 Å². The fourth-order valence-electron chi connectivity index (χ4n) is 2.39. The number of rotatable bonds is 3. The van der Waals surface area contributed by atoms with E-state index in [2.05, 4.69) is 36.0 Å². The molecule has 0 spiro atoms. The number of carbonyl (C=O) groups excluding carboxylic acids is 1. The van der Waals surface area contributed by atoms with Crippen LogP contribution in [0.15, 0.2) is 10.2 Å². The monoisotopic (exact) mass is 250 g/mol. The summed E-state index contributed by atoms with van der Waals surface area (Å²) in [6.45, 7) is 9.15. The second kappa shape index (κ2) is 5.08. The number of carbonyl (C=O) groups is 1. The van der Waals surface area contributed by atoms with E-state index >= 15 is 0 Å². The van der Waals surface area contributed by atoms with Crippen LogP contribution in [0.4, 0.5) is 0 Å². The van der Waals surface area contributed by atoms with Gasteiger partial charge in [-0.2, -0.15) is 10.2 Å². The van der Waals surface area contributed by atoms with E-state index in [0.29, 0.717) is 24.6 Å². The number of nitrogens with zero attached hydrogens (tertiary/aromatic N) is 4. The molecule has 18 heavy (non-hydrogen) atoms. The van der Waals surface area contributed by atoms with Gasteiger partial charge in [0.15, 0.2) is 5.78 Å². The number of ketones is 1. The zero-order chi connectivity index (χ0) is 13.3. The number of hydrogen-bond acceptors (Lipinski definition) is 5. The molecule has 0 bridgehead atoms. The average molecular weight is 250 g/mol. The number of hydrogen-bond donors (Lipinski definition) is 0. The first kappa shape index (κ1) is 13.1. The van der Waals surface area contributed by atoms with E-state index in [-0.39, 0.29) is 17.9 Å². The molecule has 2 atom stereocenters. The maximum absolute atomic E-state index is 11.8. The first-order valence-electron chi connectivity index (χ1n) is 6.72. The van der Waals surface area contributed by atoms with Crippen LogP contribution in [0.5, 0.6) is 0 Å². The van der Waals surface area contributed by atoms with Crippen molar-refractivity contribution in [2.75, 3.05) is 6.54 Å². The van der Waals surface area contributed by atoms with Crippen molar-refractivity contribution in [3.8, 4) is 0 Å². The molecule has 0 aliphatic carbocycles. The van der Waals surface area contributed by atoms with Gasteiger partial charge in [0.2, 0.25) is 0 Å². The smallest absolute Gasteiger partial charge is 0.180 e. The van der Waals surface area contributed by atoms with Crippen molar-refractivity contribution in [1.29, 1.82) is 0 Å². The summed E-state index contributed by atoms with van der Waals surface area (Å²) in [5, 5.41) is 13.0. The Labute approximate surface area is 109 Å². The van der Waals surface area contributed by atoms with Gasteiger partial charge in [0.05, 0.1) is 18.8 Å². The molecule has 0 aromatic carbocycles. The van der Waals surface area contributed by atoms with E-state index in [1.165, 1.54) is 0 Å². The maximum Gasteiger partial charge on any atom is 0.180 e. The Morgan fingerprint density at radius 1 is 1.50 bits per heavy atom. The largest absolute Gasteiger partial charge is 0.293 e. The lowest BCUT2D eigenvalue weighted by Crippen LogP contribution is -2.47. The number of hydrazone groups is 2. The molecule has 2 aliphatic heterocycles. The third-order valence-electron chi connectivity index (χ3n) is 3.52. The fraction of sp³-hybridized carbons (Fsp3) is 0.769. The first-order chi connectivity index (χ1) is 8.52. The van der Waals surface area contributed by atoms with Crippen molar-refractivity contribution in [2.45, 2.75) is 58.7 Å². The molecule has 0 N–H and O–H groups in total. The molecule has 2 aliphatic rings. The van der Waals surface area contributed by atoms with Gasteiger partial charge in [-0.05, 0) is 27.2 Å². The van der Waals surface area contributed by atoms with Gasteiger partial charge in [-0.3, -0.25) is 14.8 Å². The molecule has 0 saturated carbocycles. The molecule has 0 radical (unpaired) electrons. The lowest BCUT2D eigenvalue weighted by Gasteiger charge is -2.34. The molecule has 5 nitrogen and oxygen atoms in total. The topological polar surface area (TPSA) is 48.3 Å². The maximum atomic E-state index is 11.8. The van der Waals surface area contributed by atoms with Crippen molar-refractivity contribution in [3.63, 3.8) is 0 Å². The Balaban J connectivity index is 2.12. The summed E-state index contributed by atoms with van der Waals surface area (Å²) >= 11 is 0. The van der Waals surface area contributed by atoms with Crippen molar-refractivity contribution in [2.24, 2.45) is 10.2 Å². The zero-order valence-corrected chi connectivity index (χ0v) is 11.6. The molecule has 0 aromatic heterocycles. The molecule has 0 aromatic rings. The fourth-order valence-corrected chi connectivity index (χ4v) is 2.39. The van der Waals surface area contributed by atoms with Crippen LogP contribution in [-0.4, -0.2) is 52.4 Å². The van der Waals surface area contributed by atoms with Gasteiger partial charge in [-0.25, -0.2) is 0 Å². The predicted molar refractivity (Wildman–Crippen MR) is 72.8 cm³/mol. The quantitative estimate of drug-likeness (QED) is 0.762. The minimum atomic E-state index is 0.163. The van der Waals surface area contributed by atoms with Crippen LogP contribution in [-0.2, 0) is 4.79 Å². The summed E-state index contributed by atoms with van der Waals surface area (Å²) in [7, 11) is 0. The van der Waals surface area contributed by atoms with E-state index < -0.39 is 0 Å². The Kier molecular flexibility index (Phi) is 3.68. The Hall–Kier alpha value is -1.39. The highest BCUT2D eigenvalue weighted by atomic mass is 16.1. The standard InChI is InChI=1S/C13H22N4O/c1-5-12-13(18)6-10(4)17(15-12)11-7-14-16(8-11)9(2)3/h7,9-11H,5-6,8H2,1-4H3. The van der Waals surface area contributed by atoms with Crippen LogP contribution in [0.3, 0.4) is 0 Å². The Morgan fingerprint density at radius 3 is 2.78 bits per heavy atom. The summed E-state index contributed by atoms with van der Waals surface area (Å²) in [4.78, 5) is 11.8. The lowest BCUT2D eigenvalue weighted by molar-refractivity contribution is -0.115. The normalized spacial score (nSPS) is 28.3. The average Bonchev–Trinajstić information content (AvgIpc) is 2.78. The van der Waals surface area contributed by atoms with Crippen LogP contribution in [0.1, 0.15) is 40.5 Å². The van der Waals surface area contributed by atoms with Gasteiger partial charge >= 0.3 is 0 Å². The van der Waals surface area contributed by atoms with E-state index in [1.54, 1.807) is 0 Å². The highest BCUT2D eigenvalue weighted by Crippen LogP contribution is 2.20. The highest BCUT2D eigenvalue weighted by Gasteiger charge is 2.32. The summed E-state index contributed by atoms with van der Waals surface area (Å²) in [5.41, 5.74) is 0.699. The highest BCUT2D eigenvalue weighted by molar-refractivity contribution is 6.40. The Bertz CT molecular complexity index is 388. The molecule has 2 rings (SSSR count). The summed E-state index contributed by atoms with van der Waals surface area (Å²) in [6, 6.07) is 0.760. The number of Topliss-reactive ketones (excluding diaryl/α,β-unsaturated/α-hetero) is 1. The van der Waals surface area contributed by atoms with Crippen molar-refractivity contribution in [3.05, 3.63) is 0 Å². The Morgan fingerprint density at radius 2 is 2.22 bits per heavy atom. The summed E-state index contributed by atoms with van der Waals surface area (Å²) in [6.07, 6.45) is 3.22. The van der Waals surface area contributed by atoms with Crippen molar-refractivity contribution >= 4 is 17.7 Å². The minimum Gasteiger partial charge on any atom is -0.293 e. The molecule has 100 valence electrons. The van der Waals surface area contributed by atoms with Crippen molar-refractivity contribution < 1.29 is 4.79 Å². The van der Waals surface area contributed by atoms with Crippen LogP contribution in [0, 0.1) is 0 Å². The summed E-state index contributed by atoms with van der Waals surface area (Å²) in [5.74, 6) is 0.192. The van der Waals surface area contributed by atoms with Gasteiger partial charge in [0.1, 0.15) is 11.8 Å². The van der Waals surface area contributed by atoms with Gasteiger partial charge in [-0.15, -0.1) is 0 Å². The van der Waals surface area contributed by atoms with Gasteiger partial charge in [0.25, 0.3) is 0 Å². The lowest BCUT2D eigenvalue weighted by atomic mass is 10.0. The molecular weight excluding hydrogens is 228 g/mol. The minimum absolute atomic E-state index is 0.163. The van der Waals surface area contributed by atoms with Crippen LogP contribution >= 0.6 is 0 Å². The van der Waals surface area contributed by atoms with E-state index in [9.17, 15) is 4.79 Å². The van der Waals surface area contributed by atoms with Gasteiger partial charge in [-0.1, -0.05) is 6.92 Å². The van der Waals surface area contributed by atoms with E-state index in [1.807, 2.05) is 18.1 Å². The molecular formula is C13H22N4O. The van der Waals surface area contributed by atoms with Crippen molar-refractivity contribution in [1.82, 2.24) is 10.0 Å². The molecule has 0 amide bonds. The van der Waals surface area contributed by atoms with Gasteiger partial charge in [0, 0.05) is 12.5 Å². The van der Waals surface area contributed by atoms with E-state index in [0.717, 1.165) is 6.54 Å². The third-order valence-corrected chi connectivity index (χ3v) is 3.52. The second-order valence-electron chi connectivity index (χ2n) is 5.30. The zero-order valence-electron chi connectivity index (χ0n) is 11.6. The SMILES string of the molecule is CCC1=NN(C2C=NN(C(C)C)C2)C(C)CC1=O. The van der Waals surface area contributed by atoms with Crippen LogP contribution in [0.2, 0.25) is 0 Å². The molecule has 2 unspecified atom stereocenters. The first-order valence-corrected chi connectivity index (χ1v) is 6.72. The molecule has 5 heteroatoms. The second-order valence-corrected chi connectivity index (χ2v) is 5.30. The predicted octanol–water partition coefficient (Wildman–Crippen LogP) is 1.49. The molecule has 2 heterocycles. The summed E-state index contributed by atoms with van der Waals surface area (Å²) < 4.78 is 0. The van der Waals surface area contributed by atoms with Crippen LogP contribution in [0.25, 0.3) is 0 Å². The van der Waals surface area contributed by atoms with E-state index in [4.69, 9.17) is 0 Å². The molecule has 0 saturated heterocycles. The molecule has 0 fully saturated rings. The third kappa shape index (κ3) is 2.40.